The number of hydrogen-bond donors (Lipinski definition) is 2. The van der Waals surface area contributed by atoms with Gasteiger partial charge in [-0.05, 0) is 50.3 Å². The van der Waals surface area contributed by atoms with Crippen molar-refractivity contribution in [2.75, 3.05) is 0 Å². The lowest BCUT2D eigenvalue weighted by Gasteiger charge is -2.29. The molecule has 1 atom stereocenters. The molecule has 0 bridgehead atoms. The number of rotatable bonds is 3. The maximum absolute atomic E-state index is 13.0. The molecular weight excluding hydrogens is 396 g/mol. The number of benzene rings is 1. The highest BCUT2D eigenvalue weighted by molar-refractivity contribution is 9.10. The summed E-state index contributed by atoms with van der Waals surface area (Å²) in [5, 5.41) is 5.55. The highest BCUT2D eigenvalue weighted by atomic mass is 79.9. The zero-order valence-electron chi connectivity index (χ0n) is 15.0. The van der Waals surface area contributed by atoms with E-state index in [1.54, 1.807) is 6.92 Å². The van der Waals surface area contributed by atoms with Gasteiger partial charge in [-0.25, -0.2) is 9.59 Å². The molecule has 0 unspecified atom stereocenters. The number of hydrogen-bond acceptors (Lipinski definition) is 3. The fourth-order valence-corrected chi connectivity index (χ4v) is 4.07. The molecule has 1 aliphatic heterocycles. The van der Waals surface area contributed by atoms with E-state index in [1.807, 2.05) is 24.3 Å². The van der Waals surface area contributed by atoms with Crippen LogP contribution in [0.1, 0.15) is 63.5 Å². The first-order chi connectivity index (χ1) is 12.5. The molecule has 6 heteroatoms. The maximum atomic E-state index is 13.0. The fourth-order valence-electron chi connectivity index (χ4n) is 3.65. The molecule has 2 amide bonds. The summed E-state index contributed by atoms with van der Waals surface area (Å²) in [7, 11) is 0. The smallest absolute Gasteiger partial charge is 0.338 e. The van der Waals surface area contributed by atoms with Gasteiger partial charge in [0, 0.05) is 10.2 Å². The SMILES string of the molecule is CC1=C(C(=O)OC2CCCCCCC2)[C@@H](c2cccc(Br)c2)NC(=O)N1. The number of allylic oxidation sites excluding steroid dienone is 1. The van der Waals surface area contributed by atoms with E-state index in [4.69, 9.17) is 4.74 Å². The van der Waals surface area contributed by atoms with Gasteiger partial charge in [-0.15, -0.1) is 0 Å². The number of ether oxygens (including phenoxy) is 1. The van der Waals surface area contributed by atoms with Crippen LogP contribution in [0, 0.1) is 0 Å². The molecule has 140 valence electrons. The van der Waals surface area contributed by atoms with Crippen molar-refractivity contribution in [3.63, 3.8) is 0 Å². The molecular formula is C20H25BrN2O3. The van der Waals surface area contributed by atoms with Gasteiger partial charge in [0.1, 0.15) is 6.10 Å². The van der Waals surface area contributed by atoms with E-state index in [-0.39, 0.29) is 18.1 Å². The van der Waals surface area contributed by atoms with Crippen molar-refractivity contribution in [1.29, 1.82) is 0 Å². The number of nitrogens with one attached hydrogen (secondary N) is 2. The molecule has 1 fully saturated rings. The van der Waals surface area contributed by atoms with Crippen LogP contribution in [0.5, 0.6) is 0 Å². The second kappa shape index (κ2) is 8.71. The summed E-state index contributed by atoms with van der Waals surface area (Å²) < 4.78 is 6.75. The van der Waals surface area contributed by atoms with E-state index in [0.29, 0.717) is 11.3 Å². The molecule has 2 N–H and O–H groups in total. The van der Waals surface area contributed by atoms with Crippen LogP contribution in [0.25, 0.3) is 0 Å². The Balaban J connectivity index is 1.82. The number of esters is 1. The second-order valence-corrected chi connectivity index (χ2v) is 7.91. The first kappa shape index (κ1) is 19.0. The van der Waals surface area contributed by atoms with Crippen LogP contribution in [-0.4, -0.2) is 18.1 Å². The number of amides is 2. The summed E-state index contributed by atoms with van der Waals surface area (Å²) >= 11 is 3.45. The van der Waals surface area contributed by atoms with Crippen LogP contribution >= 0.6 is 15.9 Å². The zero-order chi connectivity index (χ0) is 18.5. The predicted molar refractivity (Wildman–Crippen MR) is 103 cm³/mol. The first-order valence-electron chi connectivity index (χ1n) is 9.29. The Morgan fingerprint density at radius 2 is 1.85 bits per heavy atom. The lowest BCUT2D eigenvalue weighted by molar-refractivity contribution is -0.145. The highest BCUT2D eigenvalue weighted by Gasteiger charge is 2.33. The van der Waals surface area contributed by atoms with Crippen LogP contribution in [0.2, 0.25) is 0 Å². The van der Waals surface area contributed by atoms with E-state index in [9.17, 15) is 9.59 Å². The summed E-state index contributed by atoms with van der Waals surface area (Å²) in [6, 6.07) is 6.79. The molecule has 26 heavy (non-hydrogen) atoms. The number of carbonyl (C=O) groups excluding carboxylic acids is 2. The Morgan fingerprint density at radius 3 is 2.54 bits per heavy atom. The molecule has 1 aromatic rings. The molecule has 1 aromatic carbocycles. The Hall–Kier alpha value is -1.82. The molecule has 5 nitrogen and oxygen atoms in total. The molecule has 0 aromatic heterocycles. The van der Waals surface area contributed by atoms with Gasteiger partial charge in [0.15, 0.2) is 0 Å². The quantitative estimate of drug-likeness (QED) is 0.694. The lowest BCUT2D eigenvalue weighted by Crippen LogP contribution is -2.45. The van der Waals surface area contributed by atoms with E-state index in [0.717, 1.165) is 35.7 Å². The van der Waals surface area contributed by atoms with Gasteiger partial charge in [0.25, 0.3) is 0 Å². The van der Waals surface area contributed by atoms with Crippen LogP contribution < -0.4 is 10.6 Å². The summed E-state index contributed by atoms with van der Waals surface area (Å²) in [6.07, 6.45) is 7.66. The third-order valence-electron chi connectivity index (χ3n) is 5.00. The summed E-state index contributed by atoms with van der Waals surface area (Å²) in [4.78, 5) is 24.9. The highest BCUT2D eigenvalue weighted by Crippen LogP contribution is 2.30. The average molecular weight is 421 g/mol. The fraction of sp³-hybridized carbons (Fsp3) is 0.500. The van der Waals surface area contributed by atoms with Crippen molar-refractivity contribution in [3.05, 3.63) is 45.6 Å². The molecule has 0 radical (unpaired) electrons. The zero-order valence-corrected chi connectivity index (χ0v) is 16.6. The van der Waals surface area contributed by atoms with Crippen LogP contribution in [-0.2, 0) is 9.53 Å². The van der Waals surface area contributed by atoms with Gasteiger partial charge in [-0.1, -0.05) is 47.3 Å². The minimum Gasteiger partial charge on any atom is -0.459 e. The topological polar surface area (TPSA) is 67.4 Å². The molecule has 0 saturated heterocycles. The van der Waals surface area contributed by atoms with Crippen molar-refractivity contribution in [2.45, 2.75) is 64.0 Å². The number of carbonyl (C=O) groups is 2. The van der Waals surface area contributed by atoms with Crippen LogP contribution in [0.15, 0.2) is 40.0 Å². The third-order valence-corrected chi connectivity index (χ3v) is 5.49. The van der Waals surface area contributed by atoms with Crippen LogP contribution in [0.4, 0.5) is 4.79 Å². The van der Waals surface area contributed by atoms with Crippen molar-refractivity contribution in [2.24, 2.45) is 0 Å². The second-order valence-electron chi connectivity index (χ2n) is 7.00. The summed E-state index contributed by atoms with van der Waals surface area (Å²) in [5.74, 6) is -0.342. The molecule has 1 saturated carbocycles. The molecule has 0 spiro atoms. The molecule has 3 rings (SSSR count). The first-order valence-corrected chi connectivity index (χ1v) is 10.1. The van der Waals surface area contributed by atoms with Gasteiger partial charge in [0.05, 0.1) is 11.6 Å². The van der Waals surface area contributed by atoms with E-state index >= 15 is 0 Å². The van der Waals surface area contributed by atoms with E-state index in [2.05, 4.69) is 26.6 Å². The minimum absolute atomic E-state index is 0.0381. The molecule has 1 heterocycles. The predicted octanol–water partition coefficient (Wildman–Crippen LogP) is 4.73. The van der Waals surface area contributed by atoms with Gasteiger partial charge >= 0.3 is 12.0 Å². The Labute approximate surface area is 162 Å². The summed E-state index contributed by atoms with van der Waals surface area (Å²) in [5.41, 5.74) is 1.87. The molecule has 1 aliphatic carbocycles. The van der Waals surface area contributed by atoms with Gasteiger partial charge in [-0.3, -0.25) is 0 Å². The van der Waals surface area contributed by atoms with Gasteiger partial charge < -0.3 is 15.4 Å². The Morgan fingerprint density at radius 1 is 1.15 bits per heavy atom. The van der Waals surface area contributed by atoms with E-state index in [1.165, 1.54) is 19.3 Å². The van der Waals surface area contributed by atoms with Gasteiger partial charge in [-0.2, -0.15) is 0 Å². The Bertz CT molecular complexity index is 709. The van der Waals surface area contributed by atoms with Gasteiger partial charge in [0.2, 0.25) is 0 Å². The standard InChI is InChI=1S/C20H25BrN2O3/c1-13-17(19(24)26-16-10-5-3-2-4-6-11-16)18(23-20(25)22-13)14-8-7-9-15(21)12-14/h7-9,12,16,18H,2-6,10-11H2,1H3,(H2,22,23,25)/t18-/m1/s1. The van der Waals surface area contributed by atoms with Crippen molar-refractivity contribution in [3.8, 4) is 0 Å². The summed E-state index contributed by atoms with van der Waals surface area (Å²) in [6.45, 7) is 1.75. The minimum atomic E-state index is -0.512. The average Bonchev–Trinajstić information content (AvgIpc) is 2.56. The normalized spacial score (nSPS) is 22.1. The number of urea groups is 1. The van der Waals surface area contributed by atoms with Crippen molar-refractivity contribution < 1.29 is 14.3 Å². The monoisotopic (exact) mass is 420 g/mol. The van der Waals surface area contributed by atoms with E-state index < -0.39 is 6.04 Å². The third kappa shape index (κ3) is 4.67. The Kier molecular flexibility index (Phi) is 6.35. The van der Waals surface area contributed by atoms with Crippen molar-refractivity contribution >= 4 is 27.9 Å². The largest absolute Gasteiger partial charge is 0.459 e. The lowest BCUT2D eigenvalue weighted by atomic mass is 9.95. The molecule has 2 aliphatic rings. The number of halogens is 1. The maximum Gasteiger partial charge on any atom is 0.338 e. The van der Waals surface area contributed by atoms with Crippen LogP contribution in [0.3, 0.4) is 0 Å². The van der Waals surface area contributed by atoms with Crippen molar-refractivity contribution in [1.82, 2.24) is 10.6 Å².